The van der Waals surface area contributed by atoms with Crippen LogP contribution in [0, 0.1) is 6.92 Å². The number of thiazole rings is 1. The fourth-order valence-corrected chi connectivity index (χ4v) is 3.19. The number of hydrogen-bond donors (Lipinski definition) is 1. The molecule has 0 aliphatic heterocycles. The fraction of sp³-hybridized carbons (Fsp3) is 0.267. The van der Waals surface area contributed by atoms with Crippen molar-refractivity contribution in [3.8, 4) is 5.75 Å². The highest BCUT2D eigenvalue weighted by Crippen LogP contribution is 2.27. The maximum absolute atomic E-state index is 12.3. The van der Waals surface area contributed by atoms with Crippen molar-refractivity contribution < 1.29 is 19.1 Å². The zero-order chi connectivity index (χ0) is 17.0. The monoisotopic (exact) mass is 398 g/mol. The van der Waals surface area contributed by atoms with Gasteiger partial charge in [-0.2, -0.15) is 0 Å². The molecule has 6 nitrogen and oxygen atoms in total. The van der Waals surface area contributed by atoms with E-state index < -0.39 is 5.97 Å². The Balaban J connectivity index is 2.16. The lowest BCUT2D eigenvalue weighted by Crippen LogP contribution is -2.11. The highest BCUT2D eigenvalue weighted by Gasteiger charge is 2.17. The second kappa shape index (κ2) is 7.56. The molecule has 0 radical (unpaired) electrons. The molecule has 0 saturated heterocycles. The van der Waals surface area contributed by atoms with Crippen molar-refractivity contribution in [2.24, 2.45) is 0 Å². The Bertz CT molecular complexity index is 745. The molecule has 1 heterocycles. The van der Waals surface area contributed by atoms with Crippen LogP contribution in [0.3, 0.4) is 0 Å². The smallest absolute Gasteiger partial charge is 0.350 e. The molecular formula is C15H15BrN2O4S. The van der Waals surface area contributed by atoms with E-state index in [9.17, 15) is 9.59 Å². The van der Waals surface area contributed by atoms with E-state index >= 15 is 0 Å². The Labute approximate surface area is 146 Å². The minimum absolute atomic E-state index is 0.320. The van der Waals surface area contributed by atoms with Gasteiger partial charge in [-0.3, -0.25) is 10.1 Å². The number of anilines is 1. The van der Waals surface area contributed by atoms with Crippen molar-refractivity contribution in [1.82, 2.24) is 4.98 Å². The van der Waals surface area contributed by atoms with Gasteiger partial charge in [0.05, 0.1) is 23.9 Å². The second-order valence-corrected chi connectivity index (χ2v) is 6.31. The number of methoxy groups -OCH3 is 1. The zero-order valence-corrected chi connectivity index (χ0v) is 15.2. The summed E-state index contributed by atoms with van der Waals surface area (Å²) in [4.78, 5) is 28.4. The molecule has 2 aromatic rings. The molecule has 1 N–H and O–H groups in total. The SMILES string of the molecule is CCOc1ccc(C(=O)Nc2nc(C)c(C(=O)OC)s2)cc1Br. The predicted molar refractivity (Wildman–Crippen MR) is 91.5 cm³/mol. The van der Waals surface area contributed by atoms with Crippen molar-refractivity contribution in [1.29, 1.82) is 0 Å². The van der Waals surface area contributed by atoms with Crippen molar-refractivity contribution in [3.63, 3.8) is 0 Å². The van der Waals surface area contributed by atoms with Crippen molar-refractivity contribution >= 4 is 44.3 Å². The van der Waals surface area contributed by atoms with Crippen LogP contribution in [-0.2, 0) is 4.74 Å². The van der Waals surface area contributed by atoms with Crippen LogP contribution in [0.2, 0.25) is 0 Å². The maximum Gasteiger partial charge on any atom is 0.350 e. The molecule has 0 spiro atoms. The van der Waals surface area contributed by atoms with E-state index in [1.54, 1.807) is 25.1 Å². The molecule has 23 heavy (non-hydrogen) atoms. The molecule has 0 unspecified atom stereocenters. The van der Waals surface area contributed by atoms with Gasteiger partial charge in [0.1, 0.15) is 10.6 Å². The van der Waals surface area contributed by atoms with Gasteiger partial charge >= 0.3 is 5.97 Å². The number of aryl methyl sites for hydroxylation is 1. The molecule has 0 fully saturated rings. The number of ether oxygens (including phenoxy) is 2. The third-order valence-corrected chi connectivity index (χ3v) is 4.55. The van der Waals surface area contributed by atoms with Gasteiger partial charge in [0.2, 0.25) is 0 Å². The molecule has 122 valence electrons. The number of esters is 1. The number of nitrogens with one attached hydrogen (secondary N) is 1. The number of nitrogens with zero attached hydrogens (tertiary/aromatic N) is 1. The Morgan fingerprint density at radius 2 is 2.13 bits per heavy atom. The number of aromatic nitrogens is 1. The van der Waals surface area contributed by atoms with Crippen molar-refractivity contribution in [3.05, 3.63) is 38.8 Å². The van der Waals surface area contributed by atoms with Crippen LogP contribution in [0.4, 0.5) is 5.13 Å². The zero-order valence-electron chi connectivity index (χ0n) is 12.8. The normalized spacial score (nSPS) is 10.3. The molecule has 2 rings (SSSR count). The standard InChI is InChI=1S/C15H15BrN2O4S/c1-4-22-11-6-5-9(7-10(11)16)13(19)18-15-17-8(2)12(23-15)14(20)21-3/h5-7H,4H2,1-3H3,(H,17,18,19). The highest BCUT2D eigenvalue weighted by molar-refractivity contribution is 9.10. The Kier molecular flexibility index (Phi) is 5.73. The Hall–Kier alpha value is -1.93. The van der Waals surface area contributed by atoms with E-state index in [2.05, 4.69) is 31.0 Å². The van der Waals surface area contributed by atoms with Gasteiger partial charge in [-0.05, 0) is 48.0 Å². The van der Waals surface area contributed by atoms with Crippen LogP contribution in [0.25, 0.3) is 0 Å². The topological polar surface area (TPSA) is 77.5 Å². The maximum atomic E-state index is 12.3. The van der Waals surface area contributed by atoms with Crippen LogP contribution < -0.4 is 10.1 Å². The summed E-state index contributed by atoms with van der Waals surface area (Å²) in [5, 5.41) is 3.02. The van der Waals surface area contributed by atoms with E-state index in [1.807, 2.05) is 6.92 Å². The van der Waals surface area contributed by atoms with Gasteiger partial charge in [0.25, 0.3) is 5.91 Å². The minimum Gasteiger partial charge on any atom is -0.493 e. The average Bonchev–Trinajstić information content (AvgIpc) is 2.89. The van der Waals surface area contributed by atoms with Crippen LogP contribution in [0.15, 0.2) is 22.7 Å². The molecule has 1 aromatic carbocycles. The summed E-state index contributed by atoms with van der Waals surface area (Å²) >= 11 is 4.44. The number of halogens is 1. The van der Waals surface area contributed by atoms with Crippen molar-refractivity contribution in [2.75, 3.05) is 19.0 Å². The molecule has 0 saturated carbocycles. The summed E-state index contributed by atoms with van der Waals surface area (Å²) in [6.07, 6.45) is 0. The van der Waals surface area contributed by atoms with E-state index in [4.69, 9.17) is 4.74 Å². The van der Waals surface area contributed by atoms with Crippen LogP contribution in [0.1, 0.15) is 32.6 Å². The number of carbonyl (C=O) groups is 2. The van der Waals surface area contributed by atoms with Crippen LogP contribution >= 0.6 is 27.3 Å². The first-order valence-corrected chi connectivity index (χ1v) is 8.36. The van der Waals surface area contributed by atoms with Crippen LogP contribution in [-0.4, -0.2) is 30.6 Å². The summed E-state index contributed by atoms with van der Waals surface area (Å²) in [5.74, 6) is -0.120. The third kappa shape index (κ3) is 4.08. The number of rotatable bonds is 5. The largest absolute Gasteiger partial charge is 0.493 e. The summed E-state index contributed by atoms with van der Waals surface area (Å²) in [6, 6.07) is 5.05. The predicted octanol–water partition coefficient (Wildman–Crippen LogP) is 3.65. The van der Waals surface area contributed by atoms with Crippen molar-refractivity contribution in [2.45, 2.75) is 13.8 Å². The van der Waals surface area contributed by atoms with E-state index in [0.29, 0.717) is 38.1 Å². The number of amides is 1. The lowest BCUT2D eigenvalue weighted by atomic mass is 10.2. The van der Waals surface area contributed by atoms with Gasteiger partial charge in [-0.1, -0.05) is 11.3 Å². The first-order valence-electron chi connectivity index (χ1n) is 6.75. The molecule has 1 amide bonds. The molecule has 0 aliphatic carbocycles. The van der Waals surface area contributed by atoms with E-state index in [1.165, 1.54) is 7.11 Å². The molecule has 0 bridgehead atoms. The fourth-order valence-electron chi connectivity index (χ4n) is 1.82. The minimum atomic E-state index is -0.468. The van der Waals surface area contributed by atoms with E-state index in [0.717, 1.165) is 11.3 Å². The lowest BCUT2D eigenvalue weighted by Gasteiger charge is -2.07. The summed E-state index contributed by atoms with van der Waals surface area (Å²) in [6.45, 7) is 4.11. The number of benzene rings is 1. The average molecular weight is 399 g/mol. The third-order valence-electron chi connectivity index (χ3n) is 2.88. The Morgan fingerprint density at radius 3 is 2.74 bits per heavy atom. The van der Waals surface area contributed by atoms with Gasteiger partial charge in [-0.15, -0.1) is 0 Å². The molecule has 8 heteroatoms. The highest BCUT2D eigenvalue weighted by atomic mass is 79.9. The van der Waals surface area contributed by atoms with Gasteiger partial charge in [0, 0.05) is 5.56 Å². The molecular weight excluding hydrogens is 384 g/mol. The van der Waals surface area contributed by atoms with Crippen LogP contribution in [0.5, 0.6) is 5.75 Å². The van der Waals surface area contributed by atoms with Gasteiger partial charge < -0.3 is 9.47 Å². The second-order valence-electron chi connectivity index (χ2n) is 4.46. The molecule has 1 aromatic heterocycles. The summed E-state index contributed by atoms with van der Waals surface area (Å²) in [5.41, 5.74) is 0.970. The lowest BCUT2D eigenvalue weighted by molar-refractivity contribution is 0.0605. The summed E-state index contributed by atoms with van der Waals surface area (Å²) in [7, 11) is 1.30. The molecule has 0 aliphatic rings. The quantitative estimate of drug-likeness (QED) is 0.777. The first kappa shape index (κ1) is 17.4. The van der Waals surface area contributed by atoms with Gasteiger partial charge in [0.15, 0.2) is 5.13 Å². The first-order chi connectivity index (χ1) is 11.0. The number of hydrogen-bond acceptors (Lipinski definition) is 6. The summed E-state index contributed by atoms with van der Waals surface area (Å²) < 4.78 is 10.8. The Morgan fingerprint density at radius 1 is 1.39 bits per heavy atom. The van der Waals surface area contributed by atoms with Gasteiger partial charge in [-0.25, -0.2) is 9.78 Å². The number of carbonyl (C=O) groups excluding carboxylic acids is 2. The molecule has 0 atom stereocenters. The van der Waals surface area contributed by atoms with E-state index in [-0.39, 0.29) is 5.91 Å².